The number of hydroxylamine groups is 2. The molecule has 0 radical (unpaired) electrons. The average Bonchev–Trinajstić information content (AvgIpc) is 2.63. The molecule has 0 saturated heterocycles. The van der Waals surface area contributed by atoms with E-state index in [1.807, 2.05) is 30.3 Å². The van der Waals surface area contributed by atoms with E-state index in [2.05, 4.69) is 4.98 Å². The molecule has 1 atom stereocenters. The van der Waals surface area contributed by atoms with Gasteiger partial charge in [-0.2, -0.15) is 0 Å². The molecule has 1 aromatic carbocycles. The van der Waals surface area contributed by atoms with Crippen LogP contribution in [-0.4, -0.2) is 39.2 Å². The van der Waals surface area contributed by atoms with Crippen LogP contribution >= 0.6 is 0 Å². The van der Waals surface area contributed by atoms with Crippen LogP contribution in [0.4, 0.5) is 0 Å². The summed E-state index contributed by atoms with van der Waals surface area (Å²) < 4.78 is 5.66. The fourth-order valence-electron chi connectivity index (χ4n) is 2.32. The zero-order chi connectivity index (χ0) is 19.9. The summed E-state index contributed by atoms with van der Waals surface area (Å²) in [7, 11) is 0. The van der Waals surface area contributed by atoms with Crippen molar-refractivity contribution in [1.82, 2.24) is 10.0 Å². The van der Waals surface area contributed by atoms with E-state index in [1.54, 1.807) is 32.9 Å². The van der Waals surface area contributed by atoms with Gasteiger partial charge in [0.05, 0.1) is 11.8 Å². The van der Waals surface area contributed by atoms with Crippen LogP contribution in [0.1, 0.15) is 32.0 Å². The summed E-state index contributed by atoms with van der Waals surface area (Å²) in [6.07, 6.45) is 1.93. The van der Waals surface area contributed by atoms with Gasteiger partial charge in [-0.3, -0.25) is 14.6 Å². The lowest BCUT2D eigenvalue weighted by molar-refractivity contribution is -0.234. The Hall–Kier alpha value is -2.93. The van der Waals surface area contributed by atoms with Crippen LogP contribution in [0.15, 0.2) is 48.7 Å². The van der Waals surface area contributed by atoms with Crippen molar-refractivity contribution in [3.8, 4) is 5.75 Å². The number of rotatable bonds is 9. The number of nitrogens with zero attached hydrogens (tertiary/aromatic N) is 2. The van der Waals surface area contributed by atoms with E-state index < -0.39 is 17.6 Å². The monoisotopic (exact) mass is 372 g/mol. The second-order valence-corrected chi connectivity index (χ2v) is 6.99. The van der Waals surface area contributed by atoms with E-state index in [9.17, 15) is 14.7 Å². The van der Waals surface area contributed by atoms with E-state index in [0.29, 0.717) is 24.5 Å². The van der Waals surface area contributed by atoms with E-state index in [-0.39, 0.29) is 6.42 Å². The highest BCUT2D eigenvalue weighted by Gasteiger charge is 2.30. The number of amides is 1. The summed E-state index contributed by atoms with van der Waals surface area (Å²) in [5, 5.41) is 10.3. The first-order valence-electron chi connectivity index (χ1n) is 8.56. The summed E-state index contributed by atoms with van der Waals surface area (Å²) in [6.45, 7) is 5.62. The maximum Gasteiger partial charge on any atom is 0.329 e. The van der Waals surface area contributed by atoms with Gasteiger partial charge in [-0.1, -0.05) is 30.3 Å². The molecular formula is C20H24N2O5. The highest BCUT2D eigenvalue weighted by atomic mass is 16.7. The van der Waals surface area contributed by atoms with Gasteiger partial charge >= 0.3 is 5.97 Å². The molecular weight excluding hydrogens is 348 g/mol. The normalized spacial score (nSPS) is 12.3. The Bertz CT molecular complexity index is 741. The molecule has 144 valence electrons. The summed E-state index contributed by atoms with van der Waals surface area (Å²) in [4.78, 5) is 32.5. The van der Waals surface area contributed by atoms with Crippen molar-refractivity contribution in [1.29, 1.82) is 0 Å². The zero-order valence-electron chi connectivity index (χ0n) is 15.7. The number of hydrogen-bond donors (Lipinski definition) is 1. The van der Waals surface area contributed by atoms with Gasteiger partial charge in [0, 0.05) is 12.1 Å². The van der Waals surface area contributed by atoms with Gasteiger partial charge in [-0.15, -0.1) is 0 Å². The van der Waals surface area contributed by atoms with Gasteiger partial charge < -0.3 is 9.84 Å². The van der Waals surface area contributed by atoms with Crippen molar-refractivity contribution in [2.75, 3.05) is 0 Å². The van der Waals surface area contributed by atoms with Gasteiger partial charge in [0.2, 0.25) is 6.41 Å². The van der Waals surface area contributed by atoms with E-state index in [1.165, 1.54) is 6.20 Å². The molecule has 7 nitrogen and oxygen atoms in total. The fraction of sp³-hybridized carbons (Fsp3) is 0.350. The number of aliphatic carboxylic acids is 1. The number of benzene rings is 1. The topological polar surface area (TPSA) is 89.0 Å². The molecule has 0 unspecified atom stereocenters. The molecule has 0 saturated carbocycles. The first-order chi connectivity index (χ1) is 12.8. The van der Waals surface area contributed by atoms with Gasteiger partial charge in [-0.05, 0) is 38.5 Å². The fourth-order valence-corrected chi connectivity index (χ4v) is 2.32. The van der Waals surface area contributed by atoms with Crippen LogP contribution in [0.5, 0.6) is 5.75 Å². The zero-order valence-corrected chi connectivity index (χ0v) is 15.7. The molecule has 27 heavy (non-hydrogen) atoms. The Morgan fingerprint density at radius 2 is 1.93 bits per heavy atom. The standard InChI is InChI=1S/C20H24N2O5/c1-20(2,3)27-22(14-23)18(19(24)25)11-16-9-10-17(12-21-16)26-13-15-7-5-4-6-8-15/h4-10,12,14,18H,11,13H2,1-3H3,(H,24,25)/t18-/m1/s1. The van der Waals surface area contributed by atoms with Crippen LogP contribution in [-0.2, 0) is 27.5 Å². The number of pyridine rings is 1. The van der Waals surface area contributed by atoms with Crippen LogP contribution in [0.2, 0.25) is 0 Å². The Kier molecular flexibility index (Phi) is 6.90. The van der Waals surface area contributed by atoms with Gasteiger partial charge in [0.25, 0.3) is 0 Å². The van der Waals surface area contributed by atoms with E-state index in [0.717, 1.165) is 10.6 Å². The highest BCUT2D eigenvalue weighted by molar-refractivity contribution is 5.76. The van der Waals surface area contributed by atoms with E-state index >= 15 is 0 Å². The molecule has 1 heterocycles. The molecule has 0 aliphatic heterocycles. The van der Waals surface area contributed by atoms with Crippen molar-refractivity contribution in [3.05, 3.63) is 59.9 Å². The number of carbonyl (C=O) groups is 2. The molecule has 0 spiro atoms. The Morgan fingerprint density at radius 3 is 2.44 bits per heavy atom. The first-order valence-corrected chi connectivity index (χ1v) is 8.56. The van der Waals surface area contributed by atoms with Crippen LogP contribution in [0.3, 0.4) is 0 Å². The second-order valence-electron chi connectivity index (χ2n) is 6.99. The Morgan fingerprint density at radius 1 is 1.22 bits per heavy atom. The van der Waals surface area contributed by atoms with Crippen molar-refractivity contribution in [3.63, 3.8) is 0 Å². The van der Waals surface area contributed by atoms with Crippen LogP contribution in [0.25, 0.3) is 0 Å². The van der Waals surface area contributed by atoms with Crippen molar-refractivity contribution < 1.29 is 24.3 Å². The molecule has 0 aliphatic rings. The maximum absolute atomic E-state index is 11.6. The molecule has 0 aliphatic carbocycles. The molecule has 0 bridgehead atoms. The lowest BCUT2D eigenvalue weighted by atomic mass is 10.1. The van der Waals surface area contributed by atoms with Gasteiger partial charge in [0.1, 0.15) is 12.4 Å². The molecule has 2 rings (SSSR count). The largest absolute Gasteiger partial charge is 0.487 e. The SMILES string of the molecule is CC(C)(C)ON(C=O)[C@H](Cc1ccc(OCc2ccccc2)cn1)C(=O)O. The summed E-state index contributed by atoms with van der Waals surface area (Å²) in [6, 6.07) is 12.0. The number of hydrogen-bond acceptors (Lipinski definition) is 5. The highest BCUT2D eigenvalue weighted by Crippen LogP contribution is 2.17. The third-order valence-corrected chi connectivity index (χ3v) is 3.52. The number of aromatic nitrogens is 1. The average molecular weight is 372 g/mol. The van der Waals surface area contributed by atoms with Crippen molar-refractivity contribution in [2.45, 2.75) is 45.4 Å². The Balaban J connectivity index is 2.01. The van der Waals surface area contributed by atoms with Gasteiger partial charge in [-0.25, -0.2) is 9.86 Å². The first kappa shape index (κ1) is 20.4. The molecule has 0 fully saturated rings. The number of carbonyl (C=O) groups excluding carboxylic acids is 1. The second kappa shape index (κ2) is 9.14. The Labute approximate surface area is 158 Å². The molecule has 2 aromatic rings. The van der Waals surface area contributed by atoms with Crippen LogP contribution < -0.4 is 4.74 Å². The number of carboxylic acids is 1. The third kappa shape index (κ3) is 6.71. The molecule has 1 N–H and O–H groups in total. The smallest absolute Gasteiger partial charge is 0.329 e. The maximum atomic E-state index is 11.6. The lowest BCUT2D eigenvalue weighted by Gasteiger charge is -2.30. The van der Waals surface area contributed by atoms with Crippen molar-refractivity contribution in [2.24, 2.45) is 0 Å². The predicted molar refractivity (Wildman–Crippen MR) is 98.9 cm³/mol. The summed E-state index contributed by atoms with van der Waals surface area (Å²) in [5.74, 6) is -0.592. The van der Waals surface area contributed by atoms with Crippen LogP contribution in [0, 0.1) is 0 Å². The van der Waals surface area contributed by atoms with E-state index in [4.69, 9.17) is 9.57 Å². The molecule has 7 heteroatoms. The minimum atomic E-state index is -1.18. The van der Waals surface area contributed by atoms with Gasteiger partial charge in [0.15, 0.2) is 6.04 Å². The quantitative estimate of drug-likeness (QED) is 0.538. The summed E-state index contributed by atoms with van der Waals surface area (Å²) >= 11 is 0. The minimum Gasteiger partial charge on any atom is -0.487 e. The number of carboxylic acid groups (broad SMARTS) is 1. The lowest BCUT2D eigenvalue weighted by Crippen LogP contribution is -2.45. The third-order valence-electron chi connectivity index (χ3n) is 3.52. The predicted octanol–water partition coefficient (Wildman–Crippen LogP) is 2.84. The summed E-state index contributed by atoms with van der Waals surface area (Å²) in [5.41, 5.74) is 0.851. The number of ether oxygens (including phenoxy) is 1. The molecule has 1 aromatic heterocycles. The van der Waals surface area contributed by atoms with Crippen molar-refractivity contribution >= 4 is 12.4 Å². The molecule has 1 amide bonds. The minimum absolute atomic E-state index is 0.0170.